The largest absolute Gasteiger partial charge is 0.462 e. The topological polar surface area (TPSA) is 61.2 Å². The van der Waals surface area contributed by atoms with Crippen LogP contribution in [0.25, 0.3) is 10.9 Å². The lowest BCUT2D eigenvalue weighted by Crippen LogP contribution is -2.21. The summed E-state index contributed by atoms with van der Waals surface area (Å²) in [6.07, 6.45) is 1.51. The summed E-state index contributed by atoms with van der Waals surface area (Å²) >= 11 is 0. The Hall–Kier alpha value is -2.17. The fraction of sp³-hybridized carbons (Fsp3) is 0.357. The highest BCUT2D eigenvalue weighted by Gasteiger charge is 2.17. The molecule has 2 aromatic heterocycles. The van der Waals surface area contributed by atoms with Crippen LogP contribution in [0.15, 0.2) is 17.1 Å². The molecule has 0 unspecified atom stereocenters. The molecule has 0 N–H and O–H groups in total. The van der Waals surface area contributed by atoms with Gasteiger partial charge in [0.25, 0.3) is 0 Å². The van der Waals surface area contributed by atoms with Crippen molar-refractivity contribution in [2.75, 3.05) is 6.61 Å². The van der Waals surface area contributed by atoms with E-state index in [0.29, 0.717) is 5.39 Å². The van der Waals surface area contributed by atoms with Crippen LogP contribution in [0.2, 0.25) is 0 Å². The summed E-state index contributed by atoms with van der Waals surface area (Å²) in [5.41, 5.74) is 2.01. The quantitative estimate of drug-likeness (QED) is 0.771. The van der Waals surface area contributed by atoms with Crippen molar-refractivity contribution < 1.29 is 9.53 Å². The summed E-state index contributed by atoms with van der Waals surface area (Å²) in [5.74, 6) is -0.586. The van der Waals surface area contributed by atoms with Crippen LogP contribution in [0.5, 0.6) is 0 Å². The van der Waals surface area contributed by atoms with Gasteiger partial charge >= 0.3 is 5.97 Å². The smallest absolute Gasteiger partial charge is 0.343 e. The van der Waals surface area contributed by atoms with E-state index in [-0.39, 0.29) is 17.6 Å². The van der Waals surface area contributed by atoms with Crippen LogP contribution in [-0.2, 0) is 11.8 Å². The third-order valence-corrected chi connectivity index (χ3v) is 2.96. The highest BCUT2D eigenvalue weighted by Crippen LogP contribution is 2.15. The molecule has 5 nitrogen and oxygen atoms in total. The van der Waals surface area contributed by atoms with Gasteiger partial charge in [-0.1, -0.05) is 0 Å². The standard InChI is InChI=1S/C14H16N2O3/c1-5-19-14(18)11-7-16(4)12-9(3)15-8(2)6-10(12)13(11)17/h6-7H,5H2,1-4H3. The number of rotatable bonds is 2. The number of pyridine rings is 2. The van der Waals surface area contributed by atoms with Crippen LogP contribution in [0.4, 0.5) is 0 Å². The molecule has 2 rings (SSSR count). The van der Waals surface area contributed by atoms with Crippen LogP contribution in [0.3, 0.4) is 0 Å². The Kier molecular flexibility index (Phi) is 3.38. The van der Waals surface area contributed by atoms with Gasteiger partial charge in [-0.2, -0.15) is 0 Å². The lowest BCUT2D eigenvalue weighted by Gasteiger charge is -2.11. The second-order valence-electron chi connectivity index (χ2n) is 4.45. The number of esters is 1. The van der Waals surface area contributed by atoms with Gasteiger partial charge in [-0.25, -0.2) is 4.79 Å². The SMILES string of the molecule is CCOC(=O)c1cn(C)c2c(C)nc(C)cc2c1=O. The van der Waals surface area contributed by atoms with Crippen molar-refractivity contribution in [2.24, 2.45) is 7.05 Å². The number of carbonyl (C=O) groups excluding carboxylic acids is 1. The number of aromatic nitrogens is 2. The van der Waals surface area contributed by atoms with Crippen molar-refractivity contribution in [3.05, 3.63) is 39.4 Å². The highest BCUT2D eigenvalue weighted by molar-refractivity contribution is 5.94. The minimum Gasteiger partial charge on any atom is -0.462 e. The van der Waals surface area contributed by atoms with Crippen LogP contribution in [0.1, 0.15) is 28.7 Å². The molecular weight excluding hydrogens is 244 g/mol. The maximum absolute atomic E-state index is 12.4. The van der Waals surface area contributed by atoms with Crippen LogP contribution in [0, 0.1) is 13.8 Å². The molecule has 2 heterocycles. The molecule has 0 aliphatic heterocycles. The Morgan fingerprint density at radius 2 is 2.11 bits per heavy atom. The Bertz CT molecular complexity index is 717. The number of carbonyl (C=O) groups is 1. The Morgan fingerprint density at radius 3 is 2.74 bits per heavy atom. The first-order valence-corrected chi connectivity index (χ1v) is 6.10. The van der Waals surface area contributed by atoms with Crippen molar-refractivity contribution in [2.45, 2.75) is 20.8 Å². The van der Waals surface area contributed by atoms with Gasteiger partial charge in [-0.15, -0.1) is 0 Å². The summed E-state index contributed by atoms with van der Waals surface area (Å²) in [6, 6.07) is 1.70. The predicted octanol–water partition coefficient (Wildman–Crippen LogP) is 1.73. The number of hydrogen-bond donors (Lipinski definition) is 0. The maximum atomic E-state index is 12.4. The Morgan fingerprint density at radius 1 is 1.42 bits per heavy atom. The zero-order chi connectivity index (χ0) is 14.2. The molecule has 0 amide bonds. The van der Waals surface area contributed by atoms with Crippen molar-refractivity contribution >= 4 is 16.9 Å². The molecule has 0 saturated carbocycles. The van der Waals surface area contributed by atoms with E-state index in [1.807, 2.05) is 13.8 Å². The molecule has 0 saturated heterocycles. The summed E-state index contributed by atoms with van der Waals surface area (Å²) in [7, 11) is 1.79. The minimum absolute atomic E-state index is 0.0573. The molecule has 5 heteroatoms. The number of ether oxygens (including phenoxy) is 1. The lowest BCUT2D eigenvalue weighted by molar-refractivity contribution is 0.0524. The fourth-order valence-electron chi connectivity index (χ4n) is 2.26. The first-order valence-electron chi connectivity index (χ1n) is 6.10. The van der Waals surface area contributed by atoms with Gasteiger partial charge in [0.15, 0.2) is 0 Å². The van der Waals surface area contributed by atoms with Crippen molar-refractivity contribution in [3.63, 3.8) is 0 Å². The number of fused-ring (bicyclic) bond motifs is 1. The highest BCUT2D eigenvalue weighted by atomic mass is 16.5. The Labute approximate surface area is 110 Å². The van der Waals surface area contributed by atoms with Crippen LogP contribution in [-0.4, -0.2) is 22.1 Å². The zero-order valence-corrected chi connectivity index (χ0v) is 11.5. The maximum Gasteiger partial charge on any atom is 0.343 e. The van der Waals surface area contributed by atoms with Gasteiger partial charge in [0.05, 0.1) is 23.2 Å². The lowest BCUT2D eigenvalue weighted by atomic mass is 10.1. The monoisotopic (exact) mass is 260 g/mol. The summed E-state index contributed by atoms with van der Waals surface area (Å²) in [6.45, 7) is 5.62. The molecule has 0 atom stereocenters. The first-order chi connectivity index (χ1) is 8.95. The van der Waals surface area contributed by atoms with Crippen molar-refractivity contribution in [3.8, 4) is 0 Å². The molecule has 2 aromatic rings. The minimum atomic E-state index is -0.586. The number of nitrogens with zero attached hydrogens (tertiary/aromatic N) is 2. The van der Waals surface area contributed by atoms with E-state index in [9.17, 15) is 9.59 Å². The van der Waals surface area contributed by atoms with Gasteiger partial charge in [-0.3, -0.25) is 9.78 Å². The van der Waals surface area contributed by atoms with Crippen molar-refractivity contribution in [1.29, 1.82) is 0 Å². The predicted molar refractivity (Wildman–Crippen MR) is 72.4 cm³/mol. The summed E-state index contributed by atoms with van der Waals surface area (Å²) in [4.78, 5) is 28.5. The number of aryl methyl sites for hydroxylation is 3. The van der Waals surface area contributed by atoms with Gasteiger partial charge in [-0.05, 0) is 26.8 Å². The van der Waals surface area contributed by atoms with Gasteiger partial charge in [0.2, 0.25) is 5.43 Å². The molecule has 0 fully saturated rings. The molecule has 0 bridgehead atoms. The molecule has 0 spiro atoms. The van der Waals surface area contributed by atoms with E-state index in [1.54, 1.807) is 24.6 Å². The van der Waals surface area contributed by atoms with E-state index in [2.05, 4.69) is 4.98 Å². The zero-order valence-electron chi connectivity index (χ0n) is 11.5. The van der Waals surface area contributed by atoms with E-state index in [0.717, 1.165) is 16.9 Å². The van der Waals surface area contributed by atoms with Gasteiger partial charge in [0, 0.05) is 18.9 Å². The molecular formula is C14H16N2O3. The van der Waals surface area contributed by atoms with E-state index in [4.69, 9.17) is 4.74 Å². The average Bonchev–Trinajstić information content (AvgIpc) is 2.33. The Balaban J connectivity index is 2.82. The van der Waals surface area contributed by atoms with Crippen LogP contribution < -0.4 is 5.43 Å². The van der Waals surface area contributed by atoms with Crippen molar-refractivity contribution in [1.82, 2.24) is 9.55 Å². The average molecular weight is 260 g/mol. The van der Waals surface area contributed by atoms with Gasteiger partial charge < -0.3 is 9.30 Å². The second kappa shape index (κ2) is 4.84. The first kappa shape index (κ1) is 13.3. The molecule has 0 radical (unpaired) electrons. The van der Waals surface area contributed by atoms with E-state index in [1.165, 1.54) is 6.20 Å². The molecule has 0 aromatic carbocycles. The molecule has 0 aliphatic carbocycles. The van der Waals surface area contributed by atoms with E-state index < -0.39 is 5.97 Å². The summed E-state index contributed by atoms with van der Waals surface area (Å²) in [5, 5.41) is 0.498. The second-order valence-corrected chi connectivity index (χ2v) is 4.45. The van der Waals surface area contributed by atoms with E-state index >= 15 is 0 Å². The molecule has 100 valence electrons. The normalized spacial score (nSPS) is 10.7. The molecule has 0 aliphatic rings. The van der Waals surface area contributed by atoms with Gasteiger partial charge in [0.1, 0.15) is 5.56 Å². The summed E-state index contributed by atoms with van der Waals surface area (Å²) < 4.78 is 6.65. The third kappa shape index (κ3) is 2.23. The van der Waals surface area contributed by atoms with Crippen LogP contribution >= 0.6 is 0 Å². The third-order valence-electron chi connectivity index (χ3n) is 2.96. The fourth-order valence-corrected chi connectivity index (χ4v) is 2.26. The molecule has 19 heavy (non-hydrogen) atoms. The number of hydrogen-bond acceptors (Lipinski definition) is 4.